The van der Waals surface area contributed by atoms with E-state index in [9.17, 15) is 0 Å². The van der Waals surface area contributed by atoms with E-state index in [1.165, 1.54) is 11.0 Å². The molecule has 0 bridgehead atoms. The molecule has 0 aliphatic rings. The smallest absolute Gasteiger partial charge is 0.231 e. The third-order valence-corrected chi connectivity index (χ3v) is 4.28. The van der Waals surface area contributed by atoms with Gasteiger partial charge < -0.3 is 9.32 Å². The number of aromatic nitrogens is 2. The zero-order valence-electron chi connectivity index (χ0n) is 15.1. The van der Waals surface area contributed by atoms with Crippen molar-refractivity contribution in [3.63, 3.8) is 0 Å². The van der Waals surface area contributed by atoms with E-state index in [0.717, 1.165) is 16.8 Å². The van der Waals surface area contributed by atoms with Gasteiger partial charge >= 0.3 is 0 Å². The highest BCUT2D eigenvalue weighted by Gasteiger charge is 2.09. The van der Waals surface area contributed by atoms with E-state index in [4.69, 9.17) is 9.83 Å². The van der Waals surface area contributed by atoms with Crippen LogP contribution >= 0.6 is 0 Å². The minimum Gasteiger partial charge on any atom is -0.438 e. The predicted molar refractivity (Wildman–Crippen MR) is 107 cm³/mol. The average molecular weight is 357 g/mol. The summed E-state index contributed by atoms with van der Waals surface area (Å²) in [6, 6.07) is 19.6. The fourth-order valence-corrected chi connectivity index (χ4v) is 2.75. The van der Waals surface area contributed by atoms with Crippen molar-refractivity contribution < 1.29 is 4.42 Å². The van der Waals surface area contributed by atoms with Gasteiger partial charge in [0.2, 0.25) is 5.71 Å². The predicted octanol–water partition coefficient (Wildman–Crippen LogP) is 3.72. The molecule has 0 atom stereocenters. The van der Waals surface area contributed by atoms with Crippen LogP contribution in [0.2, 0.25) is 0 Å². The van der Waals surface area contributed by atoms with Gasteiger partial charge in [0.15, 0.2) is 5.49 Å². The lowest BCUT2D eigenvalue weighted by Crippen LogP contribution is -2.16. The Kier molecular flexibility index (Phi) is 4.30. The van der Waals surface area contributed by atoms with Gasteiger partial charge in [-0.2, -0.15) is 5.10 Å². The first-order valence-corrected chi connectivity index (χ1v) is 8.55. The summed E-state index contributed by atoms with van der Waals surface area (Å²) in [5.41, 5.74) is 3.68. The summed E-state index contributed by atoms with van der Waals surface area (Å²) in [7, 11) is 4.00. The molecular weight excluding hydrogens is 338 g/mol. The highest BCUT2D eigenvalue weighted by molar-refractivity contribution is 5.81. The number of nitrogens with zero attached hydrogens (tertiary/aromatic N) is 4. The molecule has 1 N–H and O–H groups in total. The first kappa shape index (κ1) is 16.8. The molecule has 4 aromatic rings. The molecule has 0 fully saturated rings. The van der Waals surface area contributed by atoms with Crippen molar-refractivity contribution in [1.29, 1.82) is 5.41 Å². The molecule has 6 heteroatoms. The van der Waals surface area contributed by atoms with Crippen molar-refractivity contribution in [3.05, 3.63) is 78.0 Å². The molecule has 0 saturated carbocycles. The van der Waals surface area contributed by atoms with Gasteiger partial charge in [-0.3, -0.25) is 5.41 Å². The number of nitrogens with one attached hydrogen (secondary N) is 1. The van der Waals surface area contributed by atoms with Crippen LogP contribution in [0.1, 0.15) is 5.56 Å². The summed E-state index contributed by atoms with van der Waals surface area (Å²) >= 11 is 0. The maximum atomic E-state index is 8.41. The maximum Gasteiger partial charge on any atom is 0.231 e. The summed E-state index contributed by atoms with van der Waals surface area (Å²) in [6.07, 6.45) is 3.21. The molecule has 134 valence electrons. The summed E-state index contributed by atoms with van der Waals surface area (Å²) in [4.78, 5) is 6.33. The van der Waals surface area contributed by atoms with Crippen molar-refractivity contribution in [2.24, 2.45) is 5.10 Å². The quantitative estimate of drug-likeness (QED) is 0.566. The van der Waals surface area contributed by atoms with Crippen molar-refractivity contribution in [1.82, 2.24) is 9.66 Å². The van der Waals surface area contributed by atoms with Crippen LogP contribution in [0.3, 0.4) is 0 Å². The van der Waals surface area contributed by atoms with Crippen LogP contribution < -0.4 is 10.4 Å². The van der Waals surface area contributed by atoms with Gasteiger partial charge in [-0.25, -0.2) is 9.66 Å². The Hall–Kier alpha value is -3.67. The molecule has 0 aliphatic heterocycles. The molecule has 0 amide bonds. The summed E-state index contributed by atoms with van der Waals surface area (Å²) < 4.78 is 7.22. The van der Waals surface area contributed by atoms with E-state index in [1.54, 1.807) is 6.21 Å². The van der Waals surface area contributed by atoms with Crippen LogP contribution in [0.25, 0.3) is 22.4 Å². The van der Waals surface area contributed by atoms with E-state index in [2.05, 4.69) is 10.1 Å². The highest BCUT2D eigenvalue weighted by atomic mass is 16.3. The Morgan fingerprint density at radius 1 is 1.07 bits per heavy atom. The number of rotatable bonds is 4. The molecule has 2 heterocycles. The van der Waals surface area contributed by atoms with E-state index < -0.39 is 0 Å². The molecular formula is C21H19N5O. The summed E-state index contributed by atoms with van der Waals surface area (Å²) in [5.74, 6) is 0.688. The van der Waals surface area contributed by atoms with Gasteiger partial charge in [0.05, 0.1) is 11.6 Å². The monoisotopic (exact) mass is 357 g/mol. The molecule has 4 rings (SSSR count). The summed E-state index contributed by atoms with van der Waals surface area (Å²) in [6.45, 7) is 0. The highest BCUT2D eigenvalue weighted by Crippen LogP contribution is 2.24. The van der Waals surface area contributed by atoms with Gasteiger partial charge in [0, 0.05) is 25.3 Å². The van der Waals surface area contributed by atoms with Crippen molar-refractivity contribution in [3.8, 4) is 11.3 Å². The first-order chi connectivity index (χ1) is 13.1. The largest absolute Gasteiger partial charge is 0.438 e. The summed E-state index contributed by atoms with van der Waals surface area (Å²) in [5, 5.41) is 13.4. The van der Waals surface area contributed by atoms with Crippen LogP contribution in [0.5, 0.6) is 0 Å². The van der Waals surface area contributed by atoms with Gasteiger partial charge in [0.1, 0.15) is 12.1 Å². The topological polar surface area (TPSA) is 70.4 Å². The second-order valence-electron chi connectivity index (χ2n) is 6.36. The molecule has 0 unspecified atom stereocenters. The van der Waals surface area contributed by atoms with Gasteiger partial charge in [-0.1, -0.05) is 42.5 Å². The number of anilines is 1. The molecule has 27 heavy (non-hydrogen) atoms. The lowest BCUT2D eigenvalue weighted by atomic mass is 10.2. The molecule has 0 aliphatic carbocycles. The van der Waals surface area contributed by atoms with E-state index >= 15 is 0 Å². The van der Waals surface area contributed by atoms with Crippen molar-refractivity contribution in [2.75, 3.05) is 19.0 Å². The Balaban J connectivity index is 1.66. The fraction of sp³-hybridized carbons (Fsp3) is 0.0952. The number of fused-ring (bicyclic) bond motifs is 1. The first-order valence-electron chi connectivity index (χ1n) is 8.55. The minimum atomic E-state index is 0.229. The Morgan fingerprint density at radius 3 is 2.52 bits per heavy atom. The lowest BCUT2D eigenvalue weighted by molar-refractivity contribution is 0.612. The van der Waals surface area contributed by atoms with Crippen LogP contribution in [0.15, 0.2) is 76.5 Å². The van der Waals surface area contributed by atoms with Crippen molar-refractivity contribution >= 4 is 23.0 Å². The van der Waals surface area contributed by atoms with E-state index in [0.29, 0.717) is 16.9 Å². The van der Waals surface area contributed by atoms with Crippen LogP contribution in [0.4, 0.5) is 5.69 Å². The minimum absolute atomic E-state index is 0.229. The molecule has 0 saturated heterocycles. The van der Waals surface area contributed by atoms with Gasteiger partial charge in [-0.15, -0.1) is 0 Å². The third-order valence-electron chi connectivity index (χ3n) is 4.28. The second kappa shape index (κ2) is 6.92. The van der Waals surface area contributed by atoms with E-state index in [1.807, 2.05) is 79.7 Å². The molecule has 0 radical (unpaired) electrons. The zero-order valence-corrected chi connectivity index (χ0v) is 15.1. The molecule has 0 spiro atoms. The SMILES string of the molecule is CN(C)c1ccc(/C=N/n2cnc3oc(-c4ccccc4)cc3c2=N)cc1. The number of hydrogen-bond acceptors (Lipinski definition) is 5. The van der Waals surface area contributed by atoms with Crippen LogP contribution in [-0.2, 0) is 0 Å². The van der Waals surface area contributed by atoms with Crippen LogP contribution in [0, 0.1) is 5.41 Å². The fourth-order valence-electron chi connectivity index (χ4n) is 2.75. The second-order valence-corrected chi connectivity index (χ2v) is 6.36. The lowest BCUT2D eigenvalue weighted by Gasteiger charge is -2.11. The zero-order chi connectivity index (χ0) is 18.8. The Bertz CT molecular complexity index is 1150. The molecule has 2 aromatic heterocycles. The van der Waals surface area contributed by atoms with Gasteiger partial charge in [-0.05, 0) is 23.8 Å². The van der Waals surface area contributed by atoms with Crippen molar-refractivity contribution in [2.45, 2.75) is 0 Å². The molecule has 2 aromatic carbocycles. The van der Waals surface area contributed by atoms with E-state index in [-0.39, 0.29) is 5.49 Å². The molecule has 6 nitrogen and oxygen atoms in total. The standard InChI is InChI=1S/C21H19N5O/c1-25(2)17-10-8-15(9-11-17)13-24-26-14-23-21-18(20(26)22)12-19(27-21)16-6-4-3-5-7-16/h3-14,22H,1-2H3/b22-20?,24-13+. The third kappa shape index (κ3) is 3.37. The number of benzene rings is 2. The van der Waals surface area contributed by atoms with Gasteiger partial charge in [0.25, 0.3) is 0 Å². The average Bonchev–Trinajstić information content (AvgIpc) is 3.14. The Labute approximate surface area is 156 Å². The van der Waals surface area contributed by atoms with Crippen LogP contribution in [-0.4, -0.2) is 30.0 Å². The Morgan fingerprint density at radius 2 is 1.81 bits per heavy atom. The normalized spacial score (nSPS) is 11.3. The number of hydrogen-bond donors (Lipinski definition) is 1. The number of furan rings is 1. The maximum absolute atomic E-state index is 8.41.